The van der Waals surface area contributed by atoms with Gasteiger partial charge in [-0.3, -0.25) is 4.90 Å². The van der Waals surface area contributed by atoms with Crippen LogP contribution in [-0.4, -0.2) is 32.1 Å². The molecule has 0 aliphatic carbocycles. The molecule has 2 atom stereocenters. The summed E-state index contributed by atoms with van der Waals surface area (Å²) < 4.78 is 0. The molecule has 1 aliphatic heterocycles. The van der Waals surface area contributed by atoms with Crippen molar-refractivity contribution in [2.24, 2.45) is 5.92 Å². The Bertz CT molecular complexity index is 390. The smallest absolute Gasteiger partial charge is 0.0438 e. The fourth-order valence-corrected chi connectivity index (χ4v) is 3.01. The Hall–Kier alpha value is -0.570. The molecule has 0 saturated carbocycles. The van der Waals surface area contributed by atoms with Crippen LogP contribution in [0.4, 0.5) is 0 Å². The Morgan fingerprint density at radius 3 is 2.88 bits per heavy atom. The second-order valence-electron chi connectivity index (χ2n) is 5.04. The lowest BCUT2D eigenvalue weighted by atomic mass is 9.93. The normalized spacial score (nSPS) is 25.4. The van der Waals surface area contributed by atoms with E-state index in [2.05, 4.69) is 42.4 Å². The molecule has 0 bridgehead atoms. The van der Waals surface area contributed by atoms with E-state index in [1.165, 1.54) is 18.5 Å². The second-order valence-corrected chi connectivity index (χ2v) is 5.45. The quantitative estimate of drug-likeness (QED) is 0.890. The highest BCUT2D eigenvalue weighted by Crippen LogP contribution is 2.36. The minimum absolute atomic E-state index is 0.501. The van der Waals surface area contributed by atoms with Crippen molar-refractivity contribution in [3.8, 4) is 0 Å². The predicted molar refractivity (Wildman–Crippen MR) is 73.6 cm³/mol. The molecule has 94 valence electrons. The molecule has 1 heterocycles. The zero-order valence-electron chi connectivity index (χ0n) is 10.8. The van der Waals surface area contributed by atoms with Crippen molar-refractivity contribution in [1.82, 2.24) is 10.2 Å². The first-order valence-electron chi connectivity index (χ1n) is 6.24. The van der Waals surface area contributed by atoms with Crippen LogP contribution in [0.25, 0.3) is 0 Å². The Balaban J connectivity index is 2.26. The van der Waals surface area contributed by atoms with E-state index in [-0.39, 0.29) is 0 Å². The largest absolute Gasteiger partial charge is 0.319 e. The van der Waals surface area contributed by atoms with Gasteiger partial charge >= 0.3 is 0 Å². The lowest BCUT2D eigenvalue weighted by Gasteiger charge is -2.26. The van der Waals surface area contributed by atoms with Crippen LogP contribution in [0.1, 0.15) is 23.6 Å². The van der Waals surface area contributed by atoms with Crippen LogP contribution in [0.5, 0.6) is 0 Å². The molecule has 1 aliphatic rings. The molecule has 1 fully saturated rings. The molecule has 0 spiro atoms. The number of aryl methyl sites for hydroxylation is 1. The van der Waals surface area contributed by atoms with Gasteiger partial charge < -0.3 is 5.32 Å². The maximum Gasteiger partial charge on any atom is 0.0438 e. The summed E-state index contributed by atoms with van der Waals surface area (Å²) in [5.74, 6) is 0.684. The molecule has 1 N–H and O–H groups in total. The molecule has 2 rings (SSSR count). The average Bonchev–Trinajstić information content (AvgIpc) is 2.65. The Kier molecular flexibility index (Phi) is 4.08. The fourth-order valence-electron chi connectivity index (χ4n) is 2.82. The predicted octanol–water partition coefficient (Wildman–Crippen LogP) is 2.86. The van der Waals surface area contributed by atoms with E-state index in [1.54, 1.807) is 0 Å². The molecule has 0 amide bonds. The van der Waals surface area contributed by atoms with Gasteiger partial charge in [0.15, 0.2) is 0 Å². The van der Waals surface area contributed by atoms with E-state index >= 15 is 0 Å². The lowest BCUT2D eigenvalue weighted by Crippen LogP contribution is -2.26. The van der Waals surface area contributed by atoms with E-state index in [0.29, 0.717) is 12.0 Å². The zero-order chi connectivity index (χ0) is 12.4. The minimum Gasteiger partial charge on any atom is -0.319 e. The number of halogens is 1. The second kappa shape index (κ2) is 5.38. The SMILES string of the molecule is CNCC1CCN(C)C1c1ccc(C)c(Cl)c1. The van der Waals surface area contributed by atoms with Crippen LogP contribution in [0, 0.1) is 12.8 Å². The lowest BCUT2D eigenvalue weighted by molar-refractivity contribution is 0.274. The summed E-state index contributed by atoms with van der Waals surface area (Å²) in [6.45, 7) is 4.29. The van der Waals surface area contributed by atoms with Crippen molar-refractivity contribution < 1.29 is 0 Å². The number of nitrogens with zero attached hydrogens (tertiary/aromatic N) is 1. The first-order chi connectivity index (χ1) is 8.13. The van der Waals surface area contributed by atoms with E-state index in [1.807, 2.05) is 7.05 Å². The van der Waals surface area contributed by atoms with Crippen molar-refractivity contribution >= 4 is 11.6 Å². The highest BCUT2D eigenvalue weighted by atomic mass is 35.5. The van der Waals surface area contributed by atoms with Crippen molar-refractivity contribution in [2.75, 3.05) is 27.2 Å². The molecule has 1 aromatic rings. The summed E-state index contributed by atoms with van der Waals surface area (Å²) in [7, 11) is 4.23. The Morgan fingerprint density at radius 2 is 2.24 bits per heavy atom. The maximum atomic E-state index is 6.23. The molecule has 2 nitrogen and oxygen atoms in total. The summed E-state index contributed by atoms with van der Waals surface area (Å²) >= 11 is 6.23. The maximum absolute atomic E-state index is 6.23. The van der Waals surface area contributed by atoms with Gasteiger partial charge in [-0.1, -0.05) is 23.7 Å². The van der Waals surface area contributed by atoms with Gasteiger partial charge in [0.2, 0.25) is 0 Å². The summed E-state index contributed by atoms with van der Waals surface area (Å²) in [4.78, 5) is 2.43. The number of hydrogen-bond donors (Lipinski definition) is 1. The molecule has 3 heteroatoms. The van der Waals surface area contributed by atoms with E-state index in [4.69, 9.17) is 11.6 Å². The first kappa shape index (κ1) is 12.9. The summed E-state index contributed by atoms with van der Waals surface area (Å²) in [5, 5.41) is 4.18. The van der Waals surface area contributed by atoms with Crippen LogP contribution in [0.2, 0.25) is 5.02 Å². The van der Waals surface area contributed by atoms with Gasteiger partial charge in [-0.15, -0.1) is 0 Å². The van der Waals surface area contributed by atoms with Crippen molar-refractivity contribution in [2.45, 2.75) is 19.4 Å². The van der Waals surface area contributed by atoms with Crippen LogP contribution in [0.15, 0.2) is 18.2 Å². The monoisotopic (exact) mass is 252 g/mol. The Labute approximate surface area is 109 Å². The third-order valence-electron chi connectivity index (χ3n) is 3.78. The van der Waals surface area contributed by atoms with Crippen molar-refractivity contribution in [3.63, 3.8) is 0 Å². The number of nitrogens with one attached hydrogen (secondary N) is 1. The van der Waals surface area contributed by atoms with E-state index in [9.17, 15) is 0 Å². The molecule has 0 radical (unpaired) electrons. The van der Waals surface area contributed by atoms with Crippen LogP contribution in [0.3, 0.4) is 0 Å². The van der Waals surface area contributed by atoms with Gasteiger partial charge in [-0.25, -0.2) is 0 Å². The topological polar surface area (TPSA) is 15.3 Å². The van der Waals surface area contributed by atoms with Crippen molar-refractivity contribution in [3.05, 3.63) is 34.3 Å². The molecule has 1 aromatic carbocycles. The van der Waals surface area contributed by atoms with Crippen LogP contribution < -0.4 is 5.32 Å². The van der Waals surface area contributed by atoms with Crippen LogP contribution in [-0.2, 0) is 0 Å². The molecular weight excluding hydrogens is 232 g/mol. The zero-order valence-corrected chi connectivity index (χ0v) is 11.6. The van der Waals surface area contributed by atoms with Gasteiger partial charge in [0.1, 0.15) is 0 Å². The molecular formula is C14H21ClN2. The van der Waals surface area contributed by atoms with Gasteiger partial charge in [-0.05, 0) is 63.6 Å². The summed E-state index contributed by atoms with van der Waals surface area (Å²) in [6.07, 6.45) is 1.26. The number of benzene rings is 1. The van der Waals surface area contributed by atoms with Gasteiger partial charge in [0.25, 0.3) is 0 Å². The van der Waals surface area contributed by atoms with Gasteiger partial charge in [-0.2, -0.15) is 0 Å². The third-order valence-corrected chi connectivity index (χ3v) is 4.18. The number of likely N-dealkylation sites (tertiary alicyclic amines) is 1. The number of hydrogen-bond acceptors (Lipinski definition) is 2. The highest BCUT2D eigenvalue weighted by Gasteiger charge is 2.32. The van der Waals surface area contributed by atoms with Crippen molar-refractivity contribution in [1.29, 1.82) is 0 Å². The Morgan fingerprint density at radius 1 is 1.47 bits per heavy atom. The molecule has 2 unspecified atom stereocenters. The first-order valence-corrected chi connectivity index (χ1v) is 6.62. The van der Waals surface area contributed by atoms with Crippen LogP contribution >= 0.6 is 11.6 Å². The van der Waals surface area contributed by atoms with E-state index in [0.717, 1.165) is 17.1 Å². The minimum atomic E-state index is 0.501. The third kappa shape index (κ3) is 2.65. The number of rotatable bonds is 3. The van der Waals surface area contributed by atoms with Gasteiger partial charge in [0.05, 0.1) is 0 Å². The average molecular weight is 253 g/mol. The molecule has 1 saturated heterocycles. The standard InChI is InChI=1S/C14H21ClN2/c1-10-4-5-11(8-13(10)15)14-12(9-16-2)6-7-17(14)3/h4-5,8,12,14,16H,6-7,9H2,1-3H3. The van der Waals surface area contributed by atoms with Gasteiger partial charge in [0, 0.05) is 11.1 Å². The molecule has 0 aromatic heterocycles. The molecule has 17 heavy (non-hydrogen) atoms. The summed E-state index contributed by atoms with van der Waals surface area (Å²) in [6, 6.07) is 6.98. The summed E-state index contributed by atoms with van der Waals surface area (Å²) in [5.41, 5.74) is 2.50. The fraction of sp³-hybridized carbons (Fsp3) is 0.571. The van der Waals surface area contributed by atoms with E-state index < -0.39 is 0 Å². The highest BCUT2D eigenvalue weighted by molar-refractivity contribution is 6.31.